The van der Waals surface area contributed by atoms with E-state index in [0.717, 1.165) is 42.2 Å². The molecule has 4 aromatic rings. The van der Waals surface area contributed by atoms with Gasteiger partial charge in [-0.3, -0.25) is 9.35 Å². The van der Waals surface area contributed by atoms with Gasteiger partial charge in [0.1, 0.15) is 0 Å². The summed E-state index contributed by atoms with van der Waals surface area (Å²) in [5, 5.41) is 0.732. The molecule has 220 valence electrons. The molecule has 42 heavy (non-hydrogen) atoms. The van der Waals surface area contributed by atoms with Crippen molar-refractivity contribution >= 4 is 33.3 Å². The third-order valence-corrected chi connectivity index (χ3v) is 8.32. The predicted octanol–water partition coefficient (Wildman–Crippen LogP) is 6.95. The number of hydrogen-bond donors (Lipinski definition) is 1. The largest absolute Gasteiger partial charge is 0.312 e. The standard InChI is InChI=1S/C27H29ClN2O.C7H8O3S/c1-29(2)18-21-16-24-17-25(28)13-14-26(24)30(19-21)27(31)15-10-20-8-11-23(12-9-20)22-6-4-3-5-7-22;1-6-2-4-7(5-3-6)11(8,9)10/h3-9,11-14,17,21H,10,15-16,18-19H2,1-2H3;2-5H,1H3,(H,8,9,10). The Kier molecular flexibility index (Phi) is 10.6. The van der Waals surface area contributed by atoms with Crippen LogP contribution in [-0.2, 0) is 27.8 Å². The highest BCUT2D eigenvalue weighted by Gasteiger charge is 2.28. The first-order valence-electron chi connectivity index (χ1n) is 13.9. The van der Waals surface area contributed by atoms with E-state index in [0.29, 0.717) is 12.3 Å². The summed E-state index contributed by atoms with van der Waals surface area (Å²) < 4.78 is 29.6. The van der Waals surface area contributed by atoms with Crippen molar-refractivity contribution < 1.29 is 17.8 Å². The van der Waals surface area contributed by atoms with Gasteiger partial charge in [0.2, 0.25) is 5.91 Å². The molecule has 1 aliphatic rings. The maximum absolute atomic E-state index is 13.2. The highest BCUT2D eigenvalue weighted by atomic mass is 35.5. The van der Waals surface area contributed by atoms with Crippen LogP contribution in [-0.4, -0.2) is 51.0 Å². The lowest BCUT2D eigenvalue weighted by atomic mass is 9.91. The monoisotopic (exact) mass is 604 g/mol. The summed E-state index contributed by atoms with van der Waals surface area (Å²) in [6.45, 7) is 3.56. The van der Waals surface area contributed by atoms with Gasteiger partial charge in [0, 0.05) is 30.2 Å². The SMILES string of the molecule is CN(C)CC1Cc2cc(Cl)ccc2N(C(=O)CCc2ccc(-c3ccccc3)cc2)C1.Cc1ccc(S(=O)(=O)O)cc1. The summed E-state index contributed by atoms with van der Waals surface area (Å²) in [4.78, 5) is 17.3. The van der Waals surface area contributed by atoms with Crippen molar-refractivity contribution in [2.75, 3.05) is 32.1 Å². The Labute approximate surface area is 254 Å². The van der Waals surface area contributed by atoms with E-state index in [-0.39, 0.29) is 10.8 Å². The van der Waals surface area contributed by atoms with Crippen LogP contribution < -0.4 is 4.90 Å². The molecule has 8 heteroatoms. The summed E-state index contributed by atoms with van der Waals surface area (Å²) >= 11 is 6.24. The number of halogens is 1. The van der Waals surface area contributed by atoms with Crippen LogP contribution in [0, 0.1) is 12.8 Å². The molecule has 0 saturated heterocycles. The summed E-state index contributed by atoms with van der Waals surface area (Å²) in [5.41, 5.74) is 6.74. The molecule has 1 atom stereocenters. The zero-order chi connectivity index (χ0) is 30.3. The Morgan fingerprint density at radius 2 is 1.57 bits per heavy atom. The van der Waals surface area contributed by atoms with E-state index in [1.165, 1.54) is 34.4 Å². The molecule has 0 aliphatic carbocycles. The maximum Gasteiger partial charge on any atom is 0.294 e. The van der Waals surface area contributed by atoms with Gasteiger partial charge >= 0.3 is 0 Å². The van der Waals surface area contributed by atoms with Gasteiger partial charge < -0.3 is 9.80 Å². The second-order valence-electron chi connectivity index (χ2n) is 11.0. The number of hydrogen-bond acceptors (Lipinski definition) is 4. The molecule has 6 nitrogen and oxygen atoms in total. The van der Waals surface area contributed by atoms with Crippen LogP contribution in [0.3, 0.4) is 0 Å². The molecule has 1 amide bonds. The van der Waals surface area contributed by atoms with Crippen LogP contribution in [0.4, 0.5) is 5.69 Å². The zero-order valence-corrected chi connectivity index (χ0v) is 25.8. The fourth-order valence-corrected chi connectivity index (χ4v) is 5.85. The van der Waals surface area contributed by atoms with E-state index in [2.05, 4.69) is 67.5 Å². The summed E-state index contributed by atoms with van der Waals surface area (Å²) in [7, 11) is 0.145. The van der Waals surface area contributed by atoms with E-state index < -0.39 is 10.1 Å². The third-order valence-electron chi connectivity index (χ3n) is 7.21. The van der Waals surface area contributed by atoms with E-state index in [1.54, 1.807) is 12.1 Å². The number of benzene rings is 4. The van der Waals surface area contributed by atoms with Crippen molar-refractivity contribution in [3.8, 4) is 11.1 Å². The first-order chi connectivity index (χ1) is 20.0. The molecule has 1 N–H and O–H groups in total. The fourth-order valence-electron chi connectivity index (χ4n) is 5.18. The molecular formula is C34H37ClN2O4S. The molecule has 1 aliphatic heterocycles. The molecule has 0 radical (unpaired) electrons. The molecule has 1 unspecified atom stereocenters. The van der Waals surface area contributed by atoms with Crippen molar-refractivity contribution in [3.63, 3.8) is 0 Å². The van der Waals surface area contributed by atoms with Gasteiger partial charge in [-0.05, 0) is 92.4 Å². The van der Waals surface area contributed by atoms with E-state index in [4.69, 9.17) is 16.2 Å². The average Bonchev–Trinajstić information content (AvgIpc) is 2.96. The Balaban J connectivity index is 0.000000310. The van der Waals surface area contributed by atoms with E-state index in [9.17, 15) is 13.2 Å². The topological polar surface area (TPSA) is 77.9 Å². The lowest BCUT2D eigenvalue weighted by Crippen LogP contribution is -2.43. The number of amides is 1. The molecule has 0 aromatic heterocycles. The maximum atomic E-state index is 13.2. The number of anilines is 1. The van der Waals surface area contributed by atoms with Gasteiger partial charge in [-0.1, -0.05) is 83.9 Å². The molecule has 5 rings (SSSR count). The van der Waals surface area contributed by atoms with Gasteiger partial charge in [-0.15, -0.1) is 0 Å². The highest BCUT2D eigenvalue weighted by molar-refractivity contribution is 7.85. The third kappa shape index (κ3) is 8.76. The van der Waals surface area contributed by atoms with Crippen LogP contribution in [0.5, 0.6) is 0 Å². The number of rotatable bonds is 7. The van der Waals surface area contributed by atoms with Gasteiger partial charge in [0.25, 0.3) is 10.1 Å². The average molecular weight is 605 g/mol. The number of aryl methyl sites for hydroxylation is 2. The molecule has 0 fully saturated rings. The van der Waals surface area contributed by atoms with Gasteiger partial charge in [0.05, 0.1) is 4.90 Å². The van der Waals surface area contributed by atoms with E-state index >= 15 is 0 Å². The van der Waals surface area contributed by atoms with Crippen molar-refractivity contribution in [3.05, 3.63) is 119 Å². The van der Waals surface area contributed by atoms with Crippen molar-refractivity contribution in [2.45, 2.75) is 31.1 Å². The van der Waals surface area contributed by atoms with Crippen molar-refractivity contribution in [1.82, 2.24) is 4.90 Å². The first kappa shape index (κ1) is 31.4. The Morgan fingerprint density at radius 1 is 0.929 bits per heavy atom. The number of carbonyl (C=O) groups is 1. The molecule has 1 heterocycles. The highest BCUT2D eigenvalue weighted by Crippen LogP contribution is 2.33. The van der Waals surface area contributed by atoms with Crippen LogP contribution in [0.2, 0.25) is 5.02 Å². The minimum absolute atomic E-state index is 0.0666. The Bertz CT molecular complexity index is 1590. The minimum atomic E-state index is -4.02. The molecule has 0 spiro atoms. The summed E-state index contributed by atoms with van der Waals surface area (Å²) in [6.07, 6.45) is 2.20. The first-order valence-corrected chi connectivity index (χ1v) is 15.7. The van der Waals surface area contributed by atoms with Gasteiger partial charge in [0.15, 0.2) is 0 Å². The predicted molar refractivity (Wildman–Crippen MR) is 171 cm³/mol. The van der Waals surface area contributed by atoms with Crippen LogP contribution in [0.1, 0.15) is 23.1 Å². The number of fused-ring (bicyclic) bond motifs is 1. The summed E-state index contributed by atoms with van der Waals surface area (Å²) in [6, 6.07) is 30.8. The second-order valence-corrected chi connectivity index (χ2v) is 12.8. The Morgan fingerprint density at radius 3 is 2.19 bits per heavy atom. The zero-order valence-electron chi connectivity index (χ0n) is 24.2. The van der Waals surface area contributed by atoms with Crippen LogP contribution >= 0.6 is 11.6 Å². The Hall–Kier alpha value is -3.49. The molecular weight excluding hydrogens is 568 g/mol. The lowest BCUT2D eigenvalue weighted by Gasteiger charge is -2.36. The van der Waals surface area contributed by atoms with Crippen LogP contribution in [0.15, 0.2) is 102 Å². The second kappa shape index (κ2) is 14.1. The van der Waals surface area contributed by atoms with Gasteiger partial charge in [-0.2, -0.15) is 8.42 Å². The lowest BCUT2D eigenvalue weighted by molar-refractivity contribution is -0.118. The van der Waals surface area contributed by atoms with Gasteiger partial charge in [-0.25, -0.2) is 0 Å². The number of nitrogens with zero attached hydrogens (tertiary/aromatic N) is 2. The molecule has 4 aromatic carbocycles. The minimum Gasteiger partial charge on any atom is -0.312 e. The molecule has 0 bridgehead atoms. The van der Waals surface area contributed by atoms with E-state index in [1.807, 2.05) is 36.1 Å². The van der Waals surface area contributed by atoms with Crippen molar-refractivity contribution in [1.29, 1.82) is 0 Å². The quantitative estimate of drug-likeness (QED) is 0.231. The smallest absolute Gasteiger partial charge is 0.294 e. The van der Waals surface area contributed by atoms with Crippen LogP contribution in [0.25, 0.3) is 11.1 Å². The molecule has 0 saturated carbocycles. The fraction of sp³-hybridized carbons (Fsp3) is 0.265. The summed E-state index contributed by atoms with van der Waals surface area (Å²) in [5.74, 6) is 0.592. The number of carbonyl (C=O) groups excluding carboxylic acids is 1. The van der Waals surface area contributed by atoms with Crippen molar-refractivity contribution in [2.24, 2.45) is 5.92 Å². The normalized spacial score (nSPS) is 14.6.